The highest BCUT2D eigenvalue weighted by molar-refractivity contribution is 7.90. The minimum atomic E-state index is -3.46. The molecule has 0 aliphatic rings. The average Bonchev–Trinajstić information content (AvgIpc) is 2.61. The van der Waals surface area contributed by atoms with Gasteiger partial charge in [0.15, 0.2) is 9.84 Å². The molecular formula is C20H23ClFNO3S. The van der Waals surface area contributed by atoms with Gasteiger partial charge in [0.25, 0.3) is 5.91 Å². The summed E-state index contributed by atoms with van der Waals surface area (Å²) in [5.74, 6) is -0.683. The molecule has 0 heterocycles. The van der Waals surface area contributed by atoms with E-state index in [1.807, 2.05) is 0 Å². The van der Waals surface area contributed by atoms with E-state index in [2.05, 4.69) is 6.92 Å². The van der Waals surface area contributed by atoms with Crippen LogP contribution in [0.3, 0.4) is 0 Å². The SMILES string of the molecule is CCCCCN(Cc1ccc(F)cc1)C(=O)c1cc(S(C)(=O)=O)ccc1Cl. The Balaban J connectivity index is 2.33. The van der Waals surface area contributed by atoms with Crippen molar-refractivity contribution < 1.29 is 17.6 Å². The number of unbranched alkanes of at least 4 members (excludes halogenated alkanes) is 2. The fourth-order valence-electron chi connectivity index (χ4n) is 2.68. The van der Waals surface area contributed by atoms with Crippen LogP contribution < -0.4 is 0 Å². The molecule has 146 valence electrons. The Morgan fingerprint density at radius 1 is 1.11 bits per heavy atom. The molecule has 0 bridgehead atoms. The van der Waals surface area contributed by atoms with E-state index in [0.717, 1.165) is 31.1 Å². The molecule has 0 radical (unpaired) electrons. The molecule has 0 spiro atoms. The van der Waals surface area contributed by atoms with Crippen molar-refractivity contribution >= 4 is 27.3 Å². The van der Waals surface area contributed by atoms with Crippen LogP contribution in [-0.2, 0) is 16.4 Å². The van der Waals surface area contributed by atoms with Crippen LogP contribution >= 0.6 is 11.6 Å². The quantitative estimate of drug-likeness (QED) is 0.591. The van der Waals surface area contributed by atoms with Crippen molar-refractivity contribution in [2.75, 3.05) is 12.8 Å². The first-order valence-corrected chi connectivity index (χ1v) is 11.0. The van der Waals surface area contributed by atoms with Crippen LogP contribution in [0.5, 0.6) is 0 Å². The first kappa shape index (κ1) is 21.4. The summed E-state index contributed by atoms with van der Waals surface area (Å²) in [6, 6.07) is 10.1. The number of rotatable bonds is 8. The molecule has 2 rings (SSSR count). The van der Waals surface area contributed by atoms with E-state index in [1.54, 1.807) is 17.0 Å². The van der Waals surface area contributed by atoms with E-state index < -0.39 is 9.84 Å². The van der Waals surface area contributed by atoms with E-state index in [1.165, 1.54) is 30.3 Å². The largest absolute Gasteiger partial charge is 0.334 e. The van der Waals surface area contributed by atoms with Crippen molar-refractivity contribution in [1.82, 2.24) is 4.90 Å². The minimum Gasteiger partial charge on any atom is -0.334 e. The monoisotopic (exact) mass is 411 g/mol. The van der Waals surface area contributed by atoms with Gasteiger partial charge < -0.3 is 4.90 Å². The molecule has 4 nitrogen and oxygen atoms in total. The van der Waals surface area contributed by atoms with Gasteiger partial charge in [-0.2, -0.15) is 0 Å². The number of amides is 1. The van der Waals surface area contributed by atoms with Crippen LogP contribution in [0.1, 0.15) is 42.1 Å². The number of benzene rings is 2. The van der Waals surface area contributed by atoms with Gasteiger partial charge >= 0.3 is 0 Å². The van der Waals surface area contributed by atoms with Crippen LogP contribution in [0, 0.1) is 5.82 Å². The van der Waals surface area contributed by atoms with E-state index in [4.69, 9.17) is 11.6 Å². The Labute approximate surface area is 164 Å². The van der Waals surface area contributed by atoms with Crippen molar-refractivity contribution in [3.63, 3.8) is 0 Å². The van der Waals surface area contributed by atoms with Gasteiger partial charge in [-0.25, -0.2) is 12.8 Å². The van der Waals surface area contributed by atoms with E-state index in [0.29, 0.717) is 13.1 Å². The third-order valence-electron chi connectivity index (χ3n) is 4.20. The van der Waals surface area contributed by atoms with Crippen LogP contribution in [0.25, 0.3) is 0 Å². The maximum absolute atomic E-state index is 13.2. The lowest BCUT2D eigenvalue weighted by Crippen LogP contribution is -2.32. The summed E-state index contributed by atoms with van der Waals surface area (Å²) in [5, 5.41) is 0.201. The highest BCUT2D eigenvalue weighted by Gasteiger charge is 2.21. The molecule has 0 aliphatic heterocycles. The van der Waals surface area contributed by atoms with Crippen LogP contribution in [0.15, 0.2) is 47.4 Å². The van der Waals surface area contributed by atoms with Crippen molar-refractivity contribution in [3.8, 4) is 0 Å². The lowest BCUT2D eigenvalue weighted by atomic mass is 10.1. The molecule has 0 saturated carbocycles. The van der Waals surface area contributed by atoms with Crippen molar-refractivity contribution in [2.24, 2.45) is 0 Å². The van der Waals surface area contributed by atoms with Crippen molar-refractivity contribution in [3.05, 3.63) is 64.4 Å². The Kier molecular flexibility index (Phi) is 7.39. The summed E-state index contributed by atoms with van der Waals surface area (Å²) in [7, 11) is -3.46. The maximum atomic E-state index is 13.2. The topological polar surface area (TPSA) is 54.5 Å². The molecule has 1 amide bonds. The molecule has 27 heavy (non-hydrogen) atoms. The maximum Gasteiger partial charge on any atom is 0.255 e. The number of hydrogen-bond acceptors (Lipinski definition) is 3. The smallest absolute Gasteiger partial charge is 0.255 e. The molecule has 0 unspecified atom stereocenters. The number of sulfone groups is 1. The zero-order chi connectivity index (χ0) is 20.0. The summed E-state index contributed by atoms with van der Waals surface area (Å²) < 4.78 is 36.8. The Morgan fingerprint density at radius 2 is 1.78 bits per heavy atom. The zero-order valence-electron chi connectivity index (χ0n) is 15.4. The lowest BCUT2D eigenvalue weighted by molar-refractivity contribution is 0.0740. The summed E-state index contributed by atoms with van der Waals surface area (Å²) in [4.78, 5) is 14.8. The Morgan fingerprint density at radius 3 is 2.37 bits per heavy atom. The van der Waals surface area contributed by atoms with Gasteiger partial charge in [-0.15, -0.1) is 0 Å². The van der Waals surface area contributed by atoms with Crippen LogP contribution in [-0.4, -0.2) is 32.0 Å². The number of carbonyl (C=O) groups excluding carboxylic acids is 1. The van der Waals surface area contributed by atoms with Gasteiger partial charge in [0.05, 0.1) is 15.5 Å². The predicted molar refractivity (Wildman–Crippen MR) is 105 cm³/mol. The van der Waals surface area contributed by atoms with E-state index >= 15 is 0 Å². The molecule has 2 aromatic carbocycles. The predicted octanol–water partition coefficient (Wildman–Crippen LogP) is 4.72. The van der Waals surface area contributed by atoms with E-state index in [9.17, 15) is 17.6 Å². The molecular weight excluding hydrogens is 389 g/mol. The zero-order valence-corrected chi connectivity index (χ0v) is 17.0. The summed E-state index contributed by atoms with van der Waals surface area (Å²) in [6.07, 6.45) is 3.86. The third kappa shape index (κ3) is 6.04. The molecule has 0 saturated heterocycles. The van der Waals surface area contributed by atoms with Crippen LogP contribution in [0.2, 0.25) is 5.02 Å². The molecule has 0 aliphatic carbocycles. The third-order valence-corrected chi connectivity index (χ3v) is 5.64. The number of halogens is 2. The number of nitrogens with zero attached hydrogens (tertiary/aromatic N) is 1. The summed E-state index contributed by atoms with van der Waals surface area (Å²) >= 11 is 6.18. The van der Waals surface area contributed by atoms with Crippen molar-refractivity contribution in [2.45, 2.75) is 37.6 Å². The molecule has 0 N–H and O–H groups in total. The normalized spacial score (nSPS) is 11.4. The van der Waals surface area contributed by atoms with Gasteiger partial charge in [0.2, 0.25) is 0 Å². The number of carbonyl (C=O) groups is 1. The molecule has 7 heteroatoms. The second-order valence-electron chi connectivity index (χ2n) is 6.47. The summed E-state index contributed by atoms with van der Waals surface area (Å²) in [6.45, 7) is 2.87. The fourth-order valence-corrected chi connectivity index (χ4v) is 3.53. The average molecular weight is 412 g/mol. The van der Waals surface area contributed by atoms with Crippen molar-refractivity contribution in [1.29, 1.82) is 0 Å². The van der Waals surface area contributed by atoms with Crippen LogP contribution in [0.4, 0.5) is 4.39 Å². The molecule has 0 fully saturated rings. The first-order valence-electron chi connectivity index (χ1n) is 8.75. The highest BCUT2D eigenvalue weighted by Crippen LogP contribution is 2.23. The van der Waals surface area contributed by atoms with Gasteiger partial charge in [-0.05, 0) is 42.3 Å². The fraction of sp³-hybridized carbons (Fsp3) is 0.350. The standard InChI is InChI=1S/C20H23ClFNO3S/c1-3-4-5-12-23(14-15-6-8-16(22)9-7-15)20(24)18-13-17(27(2,25)26)10-11-19(18)21/h6-11,13H,3-5,12,14H2,1-2H3. The second kappa shape index (κ2) is 9.33. The molecule has 2 aromatic rings. The van der Waals surface area contributed by atoms with Gasteiger partial charge in [0.1, 0.15) is 5.82 Å². The molecule has 0 atom stereocenters. The Hall–Kier alpha value is -1.92. The van der Waals surface area contributed by atoms with Gasteiger partial charge in [-0.3, -0.25) is 4.79 Å². The van der Waals surface area contributed by atoms with Gasteiger partial charge in [0, 0.05) is 19.3 Å². The first-order chi connectivity index (χ1) is 12.7. The Bertz CT molecular complexity index is 898. The second-order valence-corrected chi connectivity index (χ2v) is 8.90. The minimum absolute atomic E-state index is 0.0468. The number of hydrogen-bond donors (Lipinski definition) is 0. The molecule has 0 aromatic heterocycles. The lowest BCUT2D eigenvalue weighted by Gasteiger charge is -2.24. The van der Waals surface area contributed by atoms with E-state index in [-0.39, 0.29) is 27.2 Å². The van der Waals surface area contributed by atoms with Gasteiger partial charge in [-0.1, -0.05) is 43.5 Å². The summed E-state index contributed by atoms with van der Waals surface area (Å²) in [5.41, 5.74) is 0.940. The highest BCUT2D eigenvalue weighted by atomic mass is 35.5.